The Bertz CT molecular complexity index is 1160. The van der Waals surface area contributed by atoms with E-state index in [4.69, 9.17) is 18.9 Å². The molecular formula is C35H46O6. The molecule has 0 amide bonds. The molecule has 3 rings (SSSR count). The lowest BCUT2D eigenvalue weighted by Crippen LogP contribution is -2.43. The van der Waals surface area contributed by atoms with E-state index in [1.165, 1.54) is 17.5 Å². The quantitative estimate of drug-likeness (QED) is 0.125. The Morgan fingerprint density at radius 1 is 0.780 bits per heavy atom. The van der Waals surface area contributed by atoms with Crippen molar-refractivity contribution in [2.75, 3.05) is 13.2 Å². The Morgan fingerprint density at radius 3 is 1.80 bits per heavy atom. The largest absolute Gasteiger partial charge is 0.476 e. The van der Waals surface area contributed by atoms with Crippen molar-refractivity contribution in [2.45, 2.75) is 95.7 Å². The van der Waals surface area contributed by atoms with Gasteiger partial charge in [-0.05, 0) is 74.4 Å². The van der Waals surface area contributed by atoms with Gasteiger partial charge in [-0.2, -0.15) is 0 Å². The molecule has 0 spiro atoms. The smallest absolute Gasteiger partial charge is 0.350 e. The third kappa shape index (κ3) is 7.28. The summed E-state index contributed by atoms with van der Waals surface area (Å²) in [6.45, 7) is 15.3. The monoisotopic (exact) mass is 562 g/mol. The van der Waals surface area contributed by atoms with Crippen LogP contribution in [0.25, 0.3) is 0 Å². The average Bonchev–Trinajstić information content (AvgIpc) is 3.01. The van der Waals surface area contributed by atoms with E-state index in [9.17, 15) is 9.59 Å². The van der Waals surface area contributed by atoms with E-state index in [2.05, 4.69) is 37.4 Å². The predicted molar refractivity (Wildman–Crippen MR) is 162 cm³/mol. The summed E-state index contributed by atoms with van der Waals surface area (Å²) >= 11 is 0. The molecular weight excluding hydrogens is 516 g/mol. The molecule has 0 aliphatic heterocycles. The molecule has 222 valence electrons. The van der Waals surface area contributed by atoms with E-state index in [1.807, 2.05) is 45.0 Å². The maximum Gasteiger partial charge on any atom is 0.350 e. The molecule has 1 aliphatic carbocycles. The van der Waals surface area contributed by atoms with Crippen molar-refractivity contribution in [1.82, 2.24) is 0 Å². The molecule has 2 aromatic carbocycles. The summed E-state index contributed by atoms with van der Waals surface area (Å²) in [7, 11) is 0. The van der Waals surface area contributed by atoms with Crippen LogP contribution in [0.15, 0.2) is 73.8 Å². The van der Waals surface area contributed by atoms with Crippen LogP contribution in [0.5, 0.6) is 11.5 Å². The highest BCUT2D eigenvalue weighted by molar-refractivity contribution is 5.82. The molecule has 0 aromatic heterocycles. The van der Waals surface area contributed by atoms with E-state index in [1.54, 1.807) is 19.1 Å². The Kier molecular flexibility index (Phi) is 11.4. The average molecular weight is 563 g/mol. The molecule has 0 bridgehead atoms. The molecule has 1 unspecified atom stereocenters. The number of carbonyl (C=O) groups excluding carboxylic acids is 2. The van der Waals surface area contributed by atoms with Crippen molar-refractivity contribution in [2.24, 2.45) is 0 Å². The highest BCUT2D eigenvalue weighted by Gasteiger charge is 2.39. The van der Waals surface area contributed by atoms with Gasteiger partial charge < -0.3 is 18.9 Å². The summed E-state index contributed by atoms with van der Waals surface area (Å²) in [6.07, 6.45) is 10.2. The summed E-state index contributed by atoms with van der Waals surface area (Å²) in [6, 6.07) is 16.0. The van der Waals surface area contributed by atoms with Gasteiger partial charge in [0.2, 0.25) is 5.60 Å². The van der Waals surface area contributed by atoms with E-state index < -0.39 is 17.2 Å². The van der Waals surface area contributed by atoms with E-state index in [0.717, 1.165) is 25.7 Å². The third-order valence-electron chi connectivity index (χ3n) is 8.51. The first kappa shape index (κ1) is 32.1. The summed E-state index contributed by atoms with van der Waals surface area (Å²) in [5.41, 5.74) is 0.175. The molecule has 0 saturated heterocycles. The van der Waals surface area contributed by atoms with E-state index in [0.29, 0.717) is 37.4 Å². The van der Waals surface area contributed by atoms with Crippen LogP contribution in [-0.2, 0) is 24.5 Å². The van der Waals surface area contributed by atoms with Gasteiger partial charge in [0, 0.05) is 5.41 Å². The minimum atomic E-state index is -1.08. The molecule has 41 heavy (non-hydrogen) atoms. The highest BCUT2D eigenvalue weighted by Crippen LogP contribution is 2.45. The van der Waals surface area contributed by atoms with Gasteiger partial charge in [0.15, 0.2) is 5.60 Å². The second-order valence-corrected chi connectivity index (χ2v) is 11.0. The number of carbonyl (C=O) groups is 2. The van der Waals surface area contributed by atoms with Crippen molar-refractivity contribution in [3.8, 4) is 11.5 Å². The Balaban J connectivity index is 1.83. The molecule has 0 N–H and O–H groups in total. The first-order valence-electron chi connectivity index (χ1n) is 14.9. The number of rotatable bonds is 15. The van der Waals surface area contributed by atoms with Crippen LogP contribution in [0.1, 0.15) is 90.2 Å². The lowest BCUT2D eigenvalue weighted by Gasteiger charge is -2.39. The third-order valence-corrected chi connectivity index (χ3v) is 8.51. The van der Waals surface area contributed by atoms with Gasteiger partial charge in [-0.1, -0.05) is 83.0 Å². The van der Waals surface area contributed by atoms with E-state index in [-0.39, 0.29) is 18.0 Å². The van der Waals surface area contributed by atoms with Gasteiger partial charge in [-0.3, -0.25) is 0 Å². The first-order valence-corrected chi connectivity index (χ1v) is 14.9. The van der Waals surface area contributed by atoms with Crippen LogP contribution in [-0.4, -0.2) is 36.4 Å². The molecule has 6 nitrogen and oxygen atoms in total. The lowest BCUT2D eigenvalue weighted by atomic mass is 9.65. The maximum absolute atomic E-state index is 13.1. The molecule has 1 saturated carbocycles. The fourth-order valence-electron chi connectivity index (χ4n) is 5.61. The second-order valence-electron chi connectivity index (χ2n) is 11.0. The molecule has 1 aliphatic rings. The van der Waals surface area contributed by atoms with Crippen molar-refractivity contribution >= 4 is 11.9 Å². The molecule has 0 radical (unpaired) electrons. The molecule has 2 aromatic rings. The zero-order valence-corrected chi connectivity index (χ0v) is 25.2. The Labute approximate surface area is 245 Å². The Morgan fingerprint density at radius 2 is 1.32 bits per heavy atom. The summed E-state index contributed by atoms with van der Waals surface area (Å²) in [5, 5.41) is 0. The number of hydrogen-bond acceptors (Lipinski definition) is 6. The molecule has 6 heteroatoms. The van der Waals surface area contributed by atoms with Gasteiger partial charge in [-0.15, -0.1) is 6.58 Å². The molecule has 1 atom stereocenters. The number of hydrogen-bond donors (Lipinski definition) is 0. The van der Waals surface area contributed by atoms with Crippen molar-refractivity contribution < 1.29 is 28.5 Å². The summed E-state index contributed by atoms with van der Waals surface area (Å²) in [5.74, 6) is 0.337. The predicted octanol–water partition coefficient (Wildman–Crippen LogP) is 7.88. The van der Waals surface area contributed by atoms with Crippen LogP contribution in [0.4, 0.5) is 0 Å². The zero-order valence-electron chi connectivity index (χ0n) is 25.2. The Hall–Kier alpha value is -3.38. The molecule has 0 heterocycles. The topological polar surface area (TPSA) is 71.1 Å². The summed E-state index contributed by atoms with van der Waals surface area (Å²) in [4.78, 5) is 25.7. The van der Waals surface area contributed by atoms with Gasteiger partial charge in [0.1, 0.15) is 18.1 Å². The van der Waals surface area contributed by atoms with Crippen molar-refractivity contribution in [1.29, 1.82) is 0 Å². The first-order chi connectivity index (χ1) is 19.7. The van der Waals surface area contributed by atoms with Gasteiger partial charge >= 0.3 is 11.9 Å². The standard InChI is InChI=1S/C35H46O6/c1-7-25-38-31(36)33(6,9-3)41-30-21-17-28(18-22-30)34(23-13-12-14-24-34)27-15-19-29(20-16-27)40-32(37)35(10-4,11-5)39-26-8-2/h7-8,15-22H,1-2,9-14,23-26H2,3-6H3. The van der Waals surface area contributed by atoms with Crippen LogP contribution in [0.2, 0.25) is 0 Å². The van der Waals surface area contributed by atoms with Crippen LogP contribution >= 0.6 is 0 Å². The van der Waals surface area contributed by atoms with Gasteiger partial charge in [-0.25, -0.2) is 9.59 Å². The van der Waals surface area contributed by atoms with Crippen molar-refractivity contribution in [3.63, 3.8) is 0 Å². The number of benzene rings is 2. The van der Waals surface area contributed by atoms with Crippen LogP contribution in [0, 0.1) is 0 Å². The van der Waals surface area contributed by atoms with Gasteiger partial charge in [0.05, 0.1) is 6.61 Å². The lowest BCUT2D eigenvalue weighted by molar-refractivity contribution is -0.162. The van der Waals surface area contributed by atoms with Gasteiger partial charge in [0.25, 0.3) is 0 Å². The second kappa shape index (κ2) is 14.5. The zero-order chi connectivity index (χ0) is 29.9. The highest BCUT2D eigenvalue weighted by atomic mass is 16.6. The maximum atomic E-state index is 13.1. The normalized spacial score (nSPS) is 16.2. The van der Waals surface area contributed by atoms with Crippen molar-refractivity contribution in [3.05, 3.63) is 85.0 Å². The van der Waals surface area contributed by atoms with E-state index >= 15 is 0 Å². The fraction of sp³-hybridized carbons (Fsp3) is 0.486. The number of esters is 2. The van der Waals surface area contributed by atoms with Crippen LogP contribution in [0.3, 0.4) is 0 Å². The SMILES string of the molecule is C=CCOC(=O)C(C)(CC)Oc1ccc(C2(c3ccc(OC(=O)C(CC)(CC)OCC=C)cc3)CCCCC2)cc1. The minimum absolute atomic E-state index is 0.151. The molecule has 1 fully saturated rings. The number of ether oxygens (including phenoxy) is 4. The fourth-order valence-corrected chi connectivity index (χ4v) is 5.61. The minimum Gasteiger partial charge on any atom is -0.476 e. The van der Waals surface area contributed by atoms with Crippen LogP contribution < -0.4 is 9.47 Å². The summed E-state index contributed by atoms with van der Waals surface area (Å²) < 4.78 is 23.1.